The van der Waals surface area contributed by atoms with Gasteiger partial charge in [0.15, 0.2) is 4.77 Å². The van der Waals surface area contributed by atoms with E-state index in [-0.39, 0.29) is 10.6 Å². The number of hydrogen-bond acceptors (Lipinski definition) is 6. The van der Waals surface area contributed by atoms with Gasteiger partial charge in [-0.3, -0.25) is 20.1 Å². The van der Waals surface area contributed by atoms with E-state index >= 15 is 0 Å². The zero-order valence-electron chi connectivity index (χ0n) is 13.5. The summed E-state index contributed by atoms with van der Waals surface area (Å²) in [5.74, 6) is 0.964. The van der Waals surface area contributed by atoms with Crippen LogP contribution in [-0.2, 0) is 13.1 Å². The van der Waals surface area contributed by atoms with E-state index in [4.69, 9.17) is 12.2 Å². The van der Waals surface area contributed by atoms with Crippen molar-refractivity contribution in [2.45, 2.75) is 20.0 Å². The lowest BCUT2D eigenvalue weighted by Crippen LogP contribution is -2.46. The van der Waals surface area contributed by atoms with Crippen LogP contribution in [0.4, 0.5) is 11.4 Å². The normalized spacial score (nSPS) is 15.6. The fourth-order valence-corrected chi connectivity index (χ4v) is 3.23. The van der Waals surface area contributed by atoms with Crippen molar-refractivity contribution in [3.05, 3.63) is 45.0 Å². The van der Waals surface area contributed by atoms with Crippen LogP contribution in [-0.4, -0.2) is 50.8 Å². The van der Waals surface area contributed by atoms with Crippen LogP contribution in [0.1, 0.15) is 12.7 Å². The van der Waals surface area contributed by atoms with Gasteiger partial charge in [0.25, 0.3) is 5.69 Å². The molecule has 1 aliphatic heterocycles. The smallest absolute Gasteiger partial charge is 0.269 e. The number of anilines is 1. The second-order valence-electron chi connectivity index (χ2n) is 5.73. The number of rotatable bonds is 5. The van der Waals surface area contributed by atoms with Crippen LogP contribution in [0.15, 0.2) is 24.3 Å². The molecule has 0 aliphatic carbocycles. The summed E-state index contributed by atoms with van der Waals surface area (Å²) < 4.78 is 2.68. The number of aromatic nitrogens is 3. The SMILES string of the molecule is CCn1c(CN2CCN(c3ccc([N+](=O)[O-])cc3)CC2)n[nH]c1=S. The van der Waals surface area contributed by atoms with Gasteiger partial charge in [-0.15, -0.1) is 0 Å². The molecule has 0 saturated carbocycles. The van der Waals surface area contributed by atoms with Gasteiger partial charge in [-0.2, -0.15) is 5.10 Å². The molecule has 0 radical (unpaired) electrons. The zero-order valence-corrected chi connectivity index (χ0v) is 14.3. The Morgan fingerprint density at radius 3 is 2.50 bits per heavy atom. The van der Waals surface area contributed by atoms with Gasteiger partial charge in [0.1, 0.15) is 5.82 Å². The van der Waals surface area contributed by atoms with Crippen molar-refractivity contribution >= 4 is 23.6 Å². The molecule has 1 aliphatic rings. The highest BCUT2D eigenvalue weighted by molar-refractivity contribution is 7.71. The number of aromatic amines is 1. The number of nitrogens with one attached hydrogen (secondary N) is 1. The maximum absolute atomic E-state index is 10.7. The average molecular weight is 348 g/mol. The Balaban J connectivity index is 1.59. The first-order valence-electron chi connectivity index (χ1n) is 7.94. The van der Waals surface area contributed by atoms with Crippen LogP contribution < -0.4 is 4.90 Å². The van der Waals surface area contributed by atoms with Gasteiger partial charge in [-0.1, -0.05) is 0 Å². The molecule has 1 aromatic carbocycles. The average Bonchev–Trinajstić information content (AvgIpc) is 2.95. The molecule has 1 N–H and O–H groups in total. The molecule has 24 heavy (non-hydrogen) atoms. The van der Waals surface area contributed by atoms with Crippen molar-refractivity contribution in [1.82, 2.24) is 19.7 Å². The number of hydrogen-bond donors (Lipinski definition) is 1. The van der Waals surface area contributed by atoms with Crippen molar-refractivity contribution < 1.29 is 4.92 Å². The van der Waals surface area contributed by atoms with E-state index in [2.05, 4.69) is 26.9 Å². The standard InChI is InChI=1S/C15H20N6O2S/c1-2-20-14(16-17-15(20)24)11-18-7-9-19(10-8-18)12-3-5-13(6-4-12)21(22)23/h3-6H,2,7-11H2,1H3,(H,17,24). The maximum Gasteiger partial charge on any atom is 0.269 e. The highest BCUT2D eigenvalue weighted by Crippen LogP contribution is 2.21. The minimum atomic E-state index is -0.373. The first kappa shape index (κ1) is 16.6. The Bertz CT molecular complexity index is 761. The quantitative estimate of drug-likeness (QED) is 0.507. The molecular formula is C15H20N6O2S. The third kappa shape index (κ3) is 3.46. The Hall–Kier alpha value is -2.26. The van der Waals surface area contributed by atoms with E-state index in [9.17, 15) is 10.1 Å². The third-order valence-electron chi connectivity index (χ3n) is 4.32. The molecular weight excluding hydrogens is 328 g/mol. The molecule has 0 unspecified atom stereocenters. The summed E-state index contributed by atoms with van der Waals surface area (Å²) in [7, 11) is 0. The number of nitrogens with zero attached hydrogens (tertiary/aromatic N) is 5. The summed E-state index contributed by atoms with van der Waals surface area (Å²) in [4.78, 5) is 14.9. The lowest BCUT2D eigenvalue weighted by Gasteiger charge is -2.35. The number of H-pyrrole nitrogens is 1. The van der Waals surface area contributed by atoms with Gasteiger partial charge in [-0.25, -0.2) is 0 Å². The monoisotopic (exact) mass is 348 g/mol. The summed E-state index contributed by atoms with van der Waals surface area (Å²) in [6.45, 7) is 7.24. The van der Waals surface area contributed by atoms with Crippen molar-refractivity contribution in [3.8, 4) is 0 Å². The van der Waals surface area contributed by atoms with E-state index in [0.29, 0.717) is 4.77 Å². The van der Waals surface area contributed by atoms with Crippen LogP contribution in [0.25, 0.3) is 0 Å². The van der Waals surface area contributed by atoms with Gasteiger partial charge in [0.05, 0.1) is 11.5 Å². The van der Waals surface area contributed by atoms with Gasteiger partial charge in [-0.05, 0) is 31.3 Å². The van der Waals surface area contributed by atoms with Crippen LogP contribution >= 0.6 is 12.2 Å². The van der Waals surface area contributed by atoms with E-state index in [1.54, 1.807) is 12.1 Å². The Morgan fingerprint density at radius 2 is 1.92 bits per heavy atom. The predicted octanol–water partition coefficient (Wildman–Crippen LogP) is 2.19. The summed E-state index contributed by atoms with van der Waals surface area (Å²) in [6, 6.07) is 6.74. The van der Waals surface area contributed by atoms with Crippen molar-refractivity contribution in [2.24, 2.45) is 0 Å². The second kappa shape index (κ2) is 7.10. The van der Waals surface area contributed by atoms with Gasteiger partial charge in [0.2, 0.25) is 0 Å². The topological polar surface area (TPSA) is 83.2 Å². The molecule has 3 rings (SSSR count). The van der Waals surface area contributed by atoms with Gasteiger partial charge >= 0.3 is 0 Å². The van der Waals surface area contributed by atoms with Crippen LogP contribution in [0.5, 0.6) is 0 Å². The molecule has 0 atom stereocenters. The first-order chi connectivity index (χ1) is 11.6. The van der Waals surface area contributed by atoms with E-state index in [1.165, 1.54) is 0 Å². The molecule has 1 aromatic heterocycles. The molecule has 2 heterocycles. The Morgan fingerprint density at radius 1 is 1.25 bits per heavy atom. The van der Waals surface area contributed by atoms with Crippen molar-refractivity contribution in [3.63, 3.8) is 0 Å². The molecule has 0 bridgehead atoms. The summed E-state index contributed by atoms with van der Waals surface area (Å²) in [5, 5.41) is 17.9. The minimum Gasteiger partial charge on any atom is -0.369 e. The molecule has 1 saturated heterocycles. The zero-order chi connectivity index (χ0) is 17.1. The Kier molecular flexibility index (Phi) is 4.91. The maximum atomic E-state index is 10.7. The second-order valence-corrected chi connectivity index (χ2v) is 6.11. The highest BCUT2D eigenvalue weighted by atomic mass is 32.1. The fraction of sp³-hybridized carbons (Fsp3) is 0.467. The molecule has 0 spiro atoms. The van der Waals surface area contributed by atoms with E-state index in [1.807, 2.05) is 16.7 Å². The summed E-state index contributed by atoms with van der Waals surface area (Å²) >= 11 is 5.22. The van der Waals surface area contributed by atoms with Crippen molar-refractivity contribution in [2.75, 3.05) is 31.1 Å². The minimum absolute atomic E-state index is 0.125. The molecule has 9 heteroatoms. The van der Waals surface area contributed by atoms with Gasteiger partial charge < -0.3 is 9.47 Å². The molecule has 1 fully saturated rings. The highest BCUT2D eigenvalue weighted by Gasteiger charge is 2.19. The van der Waals surface area contributed by atoms with Crippen molar-refractivity contribution in [1.29, 1.82) is 0 Å². The number of nitro groups is 1. The summed E-state index contributed by atoms with van der Waals surface area (Å²) in [5.41, 5.74) is 1.15. The van der Waals surface area contributed by atoms with E-state index in [0.717, 1.165) is 50.8 Å². The number of non-ortho nitro benzene ring substituents is 1. The third-order valence-corrected chi connectivity index (χ3v) is 4.63. The largest absolute Gasteiger partial charge is 0.369 e. The predicted molar refractivity (Wildman–Crippen MR) is 93.7 cm³/mol. The number of piperazine rings is 1. The first-order valence-corrected chi connectivity index (χ1v) is 8.35. The lowest BCUT2D eigenvalue weighted by atomic mass is 10.2. The lowest BCUT2D eigenvalue weighted by molar-refractivity contribution is -0.384. The van der Waals surface area contributed by atoms with Crippen LogP contribution in [0, 0.1) is 14.9 Å². The summed E-state index contributed by atoms with van der Waals surface area (Å²) in [6.07, 6.45) is 0. The number of benzene rings is 1. The molecule has 0 amide bonds. The van der Waals surface area contributed by atoms with Crippen LogP contribution in [0.3, 0.4) is 0 Å². The van der Waals surface area contributed by atoms with E-state index < -0.39 is 0 Å². The van der Waals surface area contributed by atoms with Crippen LogP contribution in [0.2, 0.25) is 0 Å². The number of nitro benzene ring substituents is 1. The molecule has 8 nitrogen and oxygen atoms in total. The molecule has 2 aromatic rings. The fourth-order valence-electron chi connectivity index (χ4n) is 2.95. The molecule has 128 valence electrons. The Labute approximate surface area is 144 Å². The van der Waals surface area contributed by atoms with Gasteiger partial charge in [0, 0.05) is 50.5 Å².